The molecule has 6 heteroatoms. The fourth-order valence-electron chi connectivity index (χ4n) is 3.32. The van der Waals surface area contributed by atoms with Crippen LogP contribution in [0.4, 0.5) is 5.69 Å². The number of benzene rings is 1. The van der Waals surface area contributed by atoms with Crippen LogP contribution in [-0.2, 0) is 9.53 Å². The van der Waals surface area contributed by atoms with E-state index in [1.54, 1.807) is 7.11 Å². The van der Waals surface area contributed by atoms with Crippen molar-refractivity contribution in [3.05, 3.63) is 53.9 Å². The van der Waals surface area contributed by atoms with Gasteiger partial charge >= 0.3 is 5.97 Å². The van der Waals surface area contributed by atoms with Gasteiger partial charge in [0.1, 0.15) is 12.3 Å². The lowest BCUT2D eigenvalue weighted by Gasteiger charge is -2.32. The molecule has 2 N–H and O–H groups in total. The number of nitrogens with two attached hydrogens (primary N) is 1. The molecule has 0 aliphatic carbocycles. The molecule has 6 nitrogen and oxygen atoms in total. The number of allylic oxidation sites excluding steroid dienone is 1. The average molecular weight is 369 g/mol. The third-order valence-corrected chi connectivity index (χ3v) is 4.81. The van der Waals surface area contributed by atoms with Crippen molar-refractivity contribution in [2.75, 3.05) is 45.6 Å². The van der Waals surface area contributed by atoms with E-state index in [0.29, 0.717) is 18.8 Å². The van der Waals surface area contributed by atoms with Crippen molar-refractivity contribution >= 4 is 17.2 Å². The Balaban J connectivity index is 1.58. The SMILES string of the molecule is CCOC(=O)CN1C=CC(N2CC=C(c3ccc(N)c(OC)c3)CC2)=CC1. The van der Waals surface area contributed by atoms with E-state index in [1.807, 2.05) is 36.2 Å². The summed E-state index contributed by atoms with van der Waals surface area (Å²) in [5.74, 6) is 0.527. The van der Waals surface area contributed by atoms with Gasteiger partial charge in [-0.2, -0.15) is 0 Å². The summed E-state index contributed by atoms with van der Waals surface area (Å²) >= 11 is 0. The first kappa shape index (κ1) is 18.9. The maximum Gasteiger partial charge on any atom is 0.325 e. The molecule has 0 amide bonds. The molecule has 2 heterocycles. The Hall–Kier alpha value is -2.89. The summed E-state index contributed by atoms with van der Waals surface area (Å²) in [6.45, 7) is 5.05. The Bertz CT molecular complexity index is 783. The zero-order valence-electron chi connectivity index (χ0n) is 16.0. The van der Waals surface area contributed by atoms with Gasteiger partial charge < -0.3 is 25.0 Å². The van der Waals surface area contributed by atoms with Gasteiger partial charge in [0.05, 0.1) is 19.4 Å². The third kappa shape index (κ3) is 4.64. The van der Waals surface area contributed by atoms with Gasteiger partial charge in [-0.15, -0.1) is 0 Å². The van der Waals surface area contributed by atoms with Crippen LogP contribution in [0.15, 0.2) is 48.3 Å². The Morgan fingerprint density at radius 1 is 1.26 bits per heavy atom. The smallest absolute Gasteiger partial charge is 0.325 e. The van der Waals surface area contributed by atoms with Crippen LogP contribution >= 0.6 is 0 Å². The van der Waals surface area contributed by atoms with Crippen LogP contribution in [0.25, 0.3) is 5.57 Å². The minimum Gasteiger partial charge on any atom is -0.495 e. The van der Waals surface area contributed by atoms with E-state index in [2.05, 4.69) is 23.1 Å². The Morgan fingerprint density at radius 3 is 2.74 bits per heavy atom. The molecular formula is C21H27N3O3. The molecular weight excluding hydrogens is 342 g/mol. The van der Waals surface area contributed by atoms with Crippen molar-refractivity contribution < 1.29 is 14.3 Å². The van der Waals surface area contributed by atoms with Crippen LogP contribution in [0.3, 0.4) is 0 Å². The van der Waals surface area contributed by atoms with Gasteiger partial charge in [0.25, 0.3) is 0 Å². The number of carbonyl (C=O) groups is 1. The maximum absolute atomic E-state index is 11.6. The van der Waals surface area contributed by atoms with Gasteiger partial charge in [-0.3, -0.25) is 4.79 Å². The number of hydrogen-bond donors (Lipinski definition) is 1. The van der Waals surface area contributed by atoms with Gasteiger partial charge in [0.15, 0.2) is 0 Å². The molecule has 0 radical (unpaired) electrons. The van der Waals surface area contributed by atoms with Crippen LogP contribution in [-0.4, -0.2) is 55.7 Å². The molecule has 2 aliphatic rings. The molecule has 0 atom stereocenters. The van der Waals surface area contributed by atoms with Crippen molar-refractivity contribution in [3.8, 4) is 5.75 Å². The van der Waals surface area contributed by atoms with E-state index >= 15 is 0 Å². The molecule has 27 heavy (non-hydrogen) atoms. The first-order chi connectivity index (χ1) is 13.1. The quantitative estimate of drug-likeness (QED) is 0.614. The van der Waals surface area contributed by atoms with E-state index in [-0.39, 0.29) is 12.5 Å². The molecule has 0 saturated carbocycles. The van der Waals surface area contributed by atoms with Crippen molar-refractivity contribution in [2.24, 2.45) is 0 Å². The molecule has 0 unspecified atom stereocenters. The second-order valence-electron chi connectivity index (χ2n) is 6.56. The number of carbonyl (C=O) groups excluding carboxylic acids is 1. The van der Waals surface area contributed by atoms with E-state index in [9.17, 15) is 4.79 Å². The van der Waals surface area contributed by atoms with E-state index in [0.717, 1.165) is 30.8 Å². The van der Waals surface area contributed by atoms with Crippen molar-refractivity contribution in [3.63, 3.8) is 0 Å². The van der Waals surface area contributed by atoms with Crippen molar-refractivity contribution in [2.45, 2.75) is 13.3 Å². The summed E-state index contributed by atoms with van der Waals surface area (Å²) < 4.78 is 10.3. The molecule has 2 aliphatic heterocycles. The highest BCUT2D eigenvalue weighted by molar-refractivity contribution is 5.72. The number of rotatable bonds is 6. The molecule has 3 rings (SSSR count). The lowest BCUT2D eigenvalue weighted by atomic mass is 9.98. The molecule has 144 valence electrons. The monoisotopic (exact) mass is 369 g/mol. The van der Waals surface area contributed by atoms with Crippen LogP contribution in [0.2, 0.25) is 0 Å². The Labute approximate surface area is 160 Å². The molecule has 0 aromatic heterocycles. The maximum atomic E-state index is 11.6. The van der Waals surface area contributed by atoms with Crippen molar-refractivity contribution in [1.29, 1.82) is 0 Å². The number of nitrogens with zero attached hydrogens (tertiary/aromatic N) is 2. The largest absolute Gasteiger partial charge is 0.495 e. The van der Waals surface area contributed by atoms with Crippen molar-refractivity contribution in [1.82, 2.24) is 9.80 Å². The van der Waals surface area contributed by atoms with Gasteiger partial charge in [-0.05, 0) is 48.8 Å². The molecule has 0 saturated heterocycles. The Morgan fingerprint density at radius 2 is 2.11 bits per heavy atom. The highest BCUT2D eigenvalue weighted by Gasteiger charge is 2.17. The standard InChI is InChI=1S/C21H27N3O3/c1-3-27-21(25)15-23-10-8-18(9-11-23)24-12-6-16(7-13-24)17-4-5-19(22)20(14-17)26-2/h4-6,8-10,14H,3,7,11-13,15,22H2,1-2H3. The third-order valence-electron chi connectivity index (χ3n) is 4.81. The zero-order chi connectivity index (χ0) is 19.2. The summed E-state index contributed by atoms with van der Waals surface area (Å²) in [6, 6.07) is 5.95. The van der Waals surface area contributed by atoms with E-state index < -0.39 is 0 Å². The van der Waals surface area contributed by atoms with Crippen LogP contribution in [0.5, 0.6) is 5.75 Å². The predicted octanol–water partition coefficient (Wildman–Crippen LogP) is 2.64. The van der Waals surface area contributed by atoms with Crippen LogP contribution in [0.1, 0.15) is 18.9 Å². The second kappa shape index (κ2) is 8.66. The first-order valence-electron chi connectivity index (χ1n) is 9.26. The summed E-state index contributed by atoms with van der Waals surface area (Å²) in [7, 11) is 1.64. The lowest BCUT2D eigenvalue weighted by Crippen LogP contribution is -2.32. The molecule has 0 bridgehead atoms. The predicted molar refractivity (Wildman–Crippen MR) is 107 cm³/mol. The highest BCUT2D eigenvalue weighted by Crippen LogP contribution is 2.30. The van der Waals surface area contributed by atoms with Gasteiger partial charge in [0, 0.05) is 31.5 Å². The number of methoxy groups -OCH3 is 1. The number of nitrogen functional groups attached to an aromatic ring is 1. The van der Waals surface area contributed by atoms with Gasteiger partial charge in [-0.1, -0.05) is 12.1 Å². The highest BCUT2D eigenvalue weighted by atomic mass is 16.5. The Kier molecular flexibility index (Phi) is 6.06. The summed E-state index contributed by atoms with van der Waals surface area (Å²) in [6.07, 6.45) is 9.41. The second-order valence-corrected chi connectivity index (χ2v) is 6.56. The van der Waals surface area contributed by atoms with E-state index in [1.165, 1.54) is 11.3 Å². The number of ether oxygens (including phenoxy) is 2. The molecule has 0 spiro atoms. The fourth-order valence-corrected chi connectivity index (χ4v) is 3.32. The van der Waals surface area contributed by atoms with Gasteiger partial charge in [-0.25, -0.2) is 0 Å². The van der Waals surface area contributed by atoms with E-state index in [4.69, 9.17) is 15.2 Å². The minimum absolute atomic E-state index is 0.191. The molecule has 1 aromatic rings. The average Bonchev–Trinajstić information content (AvgIpc) is 2.69. The summed E-state index contributed by atoms with van der Waals surface area (Å²) in [5.41, 5.74) is 10.2. The van der Waals surface area contributed by atoms with Crippen LogP contribution < -0.4 is 10.5 Å². The number of hydrogen-bond acceptors (Lipinski definition) is 6. The molecule has 1 aromatic carbocycles. The molecule has 0 fully saturated rings. The first-order valence-corrected chi connectivity index (χ1v) is 9.26. The number of esters is 1. The topological polar surface area (TPSA) is 68.0 Å². The lowest BCUT2D eigenvalue weighted by molar-refractivity contribution is -0.143. The normalized spacial score (nSPS) is 16.7. The van der Waals surface area contributed by atoms with Crippen LogP contribution in [0, 0.1) is 0 Å². The zero-order valence-corrected chi connectivity index (χ0v) is 16.0. The van der Waals surface area contributed by atoms with Gasteiger partial charge in [0.2, 0.25) is 0 Å². The fraction of sp³-hybridized carbons (Fsp3) is 0.381. The summed E-state index contributed by atoms with van der Waals surface area (Å²) in [5, 5.41) is 0. The summed E-state index contributed by atoms with van der Waals surface area (Å²) in [4.78, 5) is 15.9. The minimum atomic E-state index is -0.191. The number of anilines is 1.